The van der Waals surface area contributed by atoms with E-state index < -0.39 is 0 Å². The number of ether oxygens (including phenoxy) is 1. The minimum Gasteiger partial charge on any atom is -0.496 e. The largest absolute Gasteiger partial charge is 0.496 e. The summed E-state index contributed by atoms with van der Waals surface area (Å²) in [5.41, 5.74) is 3.47. The summed E-state index contributed by atoms with van der Waals surface area (Å²) in [6, 6.07) is 9.44. The van der Waals surface area contributed by atoms with Crippen LogP contribution in [0.2, 0.25) is 0 Å². The van der Waals surface area contributed by atoms with Gasteiger partial charge in [-0.15, -0.1) is 5.10 Å². The maximum absolute atomic E-state index is 12.2. The molecule has 4 rings (SSSR count). The van der Waals surface area contributed by atoms with Crippen LogP contribution in [0.15, 0.2) is 41.3 Å². The fourth-order valence-corrected chi connectivity index (χ4v) is 3.23. The van der Waals surface area contributed by atoms with Crippen molar-refractivity contribution in [3.8, 4) is 17.0 Å². The van der Waals surface area contributed by atoms with Gasteiger partial charge >= 0.3 is 0 Å². The first-order valence-corrected chi connectivity index (χ1v) is 9.47. The first kappa shape index (κ1) is 18.7. The van der Waals surface area contributed by atoms with Crippen molar-refractivity contribution in [3.63, 3.8) is 0 Å². The van der Waals surface area contributed by atoms with Crippen LogP contribution >= 0.6 is 0 Å². The molecule has 9 heteroatoms. The smallest absolute Gasteiger partial charge is 0.275 e. The highest BCUT2D eigenvalue weighted by Gasteiger charge is 2.11. The molecule has 0 spiro atoms. The predicted octanol–water partition coefficient (Wildman–Crippen LogP) is 2.39. The summed E-state index contributed by atoms with van der Waals surface area (Å²) in [7, 11) is 3.52. The van der Waals surface area contributed by atoms with Gasteiger partial charge < -0.3 is 15.0 Å². The second-order valence-corrected chi connectivity index (χ2v) is 6.81. The number of aromatic nitrogens is 6. The van der Waals surface area contributed by atoms with Crippen LogP contribution in [0.5, 0.6) is 5.75 Å². The number of H-pyrrole nitrogens is 1. The summed E-state index contributed by atoms with van der Waals surface area (Å²) in [4.78, 5) is 19.8. The van der Waals surface area contributed by atoms with E-state index in [1.165, 1.54) is 4.52 Å². The quantitative estimate of drug-likeness (QED) is 0.500. The first-order valence-electron chi connectivity index (χ1n) is 9.47. The SMILES string of the molecule is CCCc1cc(=O)n2nc(NCc3cc(-c4ccn(C)n4)ccc3OC)nc2[nH]1. The Morgan fingerprint density at radius 2 is 2.07 bits per heavy atom. The number of hydrogen-bond donors (Lipinski definition) is 2. The Balaban J connectivity index is 1.59. The molecule has 3 aromatic heterocycles. The van der Waals surface area contributed by atoms with Crippen LogP contribution < -0.4 is 15.6 Å². The van der Waals surface area contributed by atoms with Gasteiger partial charge in [0.25, 0.3) is 5.56 Å². The number of aryl methyl sites for hydroxylation is 2. The molecule has 1 aromatic carbocycles. The monoisotopic (exact) mass is 393 g/mol. The van der Waals surface area contributed by atoms with E-state index in [1.807, 2.05) is 37.5 Å². The Morgan fingerprint density at radius 1 is 1.21 bits per heavy atom. The van der Waals surface area contributed by atoms with Gasteiger partial charge in [0, 0.05) is 42.7 Å². The maximum Gasteiger partial charge on any atom is 0.275 e. The summed E-state index contributed by atoms with van der Waals surface area (Å²) < 4.78 is 8.52. The Hall–Kier alpha value is -3.62. The first-order chi connectivity index (χ1) is 14.1. The third-order valence-corrected chi connectivity index (χ3v) is 4.63. The molecule has 2 N–H and O–H groups in total. The Labute approximate surface area is 167 Å². The van der Waals surface area contributed by atoms with E-state index in [0.29, 0.717) is 18.3 Å². The fourth-order valence-electron chi connectivity index (χ4n) is 3.23. The van der Waals surface area contributed by atoms with Gasteiger partial charge in [0.15, 0.2) is 0 Å². The van der Waals surface area contributed by atoms with E-state index in [9.17, 15) is 4.79 Å². The van der Waals surface area contributed by atoms with Crippen molar-refractivity contribution in [2.45, 2.75) is 26.3 Å². The molecular formula is C20H23N7O2. The highest BCUT2D eigenvalue weighted by Crippen LogP contribution is 2.26. The molecule has 0 saturated carbocycles. The molecule has 0 aliphatic heterocycles. The van der Waals surface area contributed by atoms with Gasteiger partial charge in [-0.3, -0.25) is 9.48 Å². The van der Waals surface area contributed by atoms with Crippen LogP contribution in [0.3, 0.4) is 0 Å². The molecule has 150 valence electrons. The Morgan fingerprint density at radius 3 is 2.79 bits per heavy atom. The normalized spacial score (nSPS) is 11.1. The van der Waals surface area contributed by atoms with E-state index in [2.05, 4.69) is 32.4 Å². The van der Waals surface area contributed by atoms with Crippen molar-refractivity contribution < 1.29 is 4.74 Å². The van der Waals surface area contributed by atoms with Crippen molar-refractivity contribution >= 4 is 11.7 Å². The standard InChI is InChI=1S/C20H23N7O2/c1-4-5-15-11-18(28)27-20(22-15)23-19(25-27)21-12-14-10-13(6-7-17(14)29-3)16-8-9-26(2)24-16/h6-11H,4-5,12H2,1-3H3,(H2,21,22,23,25). The van der Waals surface area contributed by atoms with Crippen molar-refractivity contribution in [2.75, 3.05) is 12.4 Å². The lowest BCUT2D eigenvalue weighted by atomic mass is 10.1. The van der Waals surface area contributed by atoms with Gasteiger partial charge in [-0.2, -0.15) is 14.6 Å². The molecule has 0 aliphatic carbocycles. The molecular weight excluding hydrogens is 370 g/mol. The summed E-state index contributed by atoms with van der Waals surface area (Å²) in [5.74, 6) is 1.55. The maximum atomic E-state index is 12.2. The molecule has 3 heterocycles. The molecule has 29 heavy (non-hydrogen) atoms. The van der Waals surface area contributed by atoms with E-state index in [4.69, 9.17) is 4.74 Å². The molecule has 0 atom stereocenters. The summed E-state index contributed by atoms with van der Waals surface area (Å²) in [6.45, 7) is 2.50. The summed E-state index contributed by atoms with van der Waals surface area (Å²) >= 11 is 0. The molecule has 0 aliphatic rings. The van der Waals surface area contributed by atoms with Crippen LogP contribution in [0.1, 0.15) is 24.6 Å². The van der Waals surface area contributed by atoms with Crippen molar-refractivity contribution in [1.29, 1.82) is 0 Å². The second-order valence-electron chi connectivity index (χ2n) is 6.81. The zero-order valence-corrected chi connectivity index (χ0v) is 16.6. The molecule has 0 saturated heterocycles. The van der Waals surface area contributed by atoms with E-state index >= 15 is 0 Å². The number of aromatic amines is 1. The van der Waals surface area contributed by atoms with Crippen LogP contribution in [0.25, 0.3) is 17.0 Å². The van der Waals surface area contributed by atoms with Crippen molar-refractivity contribution in [2.24, 2.45) is 7.05 Å². The molecule has 9 nitrogen and oxygen atoms in total. The van der Waals surface area contributed by atoms with Crippen molar-refractivity contribution in [1.82, 2.24) is 29.4 Å². The molecule has 0 amide bonds. The van der Waals surface area contributed by atoms with Crippen LogP contribution in [-0.4, -0.2) is 36.5 Å². The molecule has 4 aromatic rings. The number of nitrogens with zero attached hydrogens (tertiary/aromatic N) is 5. The van der Waals surface area contributed by atoms with Gasteiger partial charge in [-0.05, 0) is 30.7 Å². The Bertz CT molecular complexity index is 1210. The number of rotatable bonds is 7. The summed E-state index contributed by atoms with van der Waals surface area (Å²) in [5, 5.41) is 11.9. The zero-order valence-electron chi connectivity index (χ0n) is 16.6. The van der Waals surface area contributed by atoms with Gasteiger partial charge in [-0.1, -0.05) is 13.3 Å². The van der Waals surface area contributed by atoms with E-state index in [0.717, 1.165) is 41.1 Å². The average molecular weight is 393 g/mol. The minimum absolute atomic E-state index is 0.197. The third-order valence-electron chi connectivity index (χ3n) is 4.63. The lowest BCUT2D eigenvalue weighted by Gasteiger charge is -2.10. The van der Waals surface area contributed by atoms with Gasteiger partial charge in [0.1, 0.15) is 5.75 Å². The zero-order chi connectivity index (χ0) is 20.4. The van der Waals surface area contributed by atoms with Gasteiger partial charge in [0.2, 0.25) is 11.7 Å². The van der Waals surface area contributed by atoms with E-state index in [-0.39, 0.29) is 5.56 Å². The summed E-state index contributed by atoms with van der Waals surface area (Å²) in [6.07, 6.45) is 3.64. The fraction of sp³-hybridized carbons (Fsp3) is 0.300. The van der Waals surface area contributed by atoms with Crippen LogP contribution in [0.4, 0.5) is 5.95 Å². The minimum atomic E-state index is -0.197. The molecule has 0 unspecified atom stereocenters. The van der Waals surface area contributed by atoms with Crippen LogP contribution in [0, 0.1) is 0 Å². The lowest BCUT2D eigenvalue weighted by Crippen LogP contribution is -2.15. The third kappa shape index (κ3) is 3.84. The number of nitrogens with one attached hydrogen (secondary N) is 2. The number of hydrogen-bond acceptors (Lipinski definition) is 6. The van der Waals surface area contributed by atoms with Crippen molar-refractivity contribution in [3.05, 3.63) is 58.1 Å². The highest BCUT2D eigenvalue weighted by molar-refractivity contribution is 5.62. The van der Waals surface area contributed by atoms with Gasteiger partial charge in [-0.25, -0.2) is 0 Å². The topological polar surface area (TPSA) is 102 Å². The number of fused-ring (bicyclic) bond motifs is 1. The molecule has 0 radical (unpaired) electrons. The van der Waals surface area contributed by atoms with Crippen LogP contribution in [-0.2, 0) is 20.0 Å². The molecule has 0 bridgehead atoms. The van der Waals surface area contributed by atoms with E-state index in [1.54, 1.807) is 17.9 Å². The Kier molecular flexibility index (Phi) is 5.03. The number of anilines is 1. The highest BCUT2D eigenvalue weighted by atomic mass is 16.5. The number of benzene rings is 1. The lowest BCUT2D eigenvalue weighted by molar-refractivity contribution is 0.410. The average Bonchev–Trinajstić information content (AvgIpc) is 3.33. The number of methoxy groups -OCH3 is 1. The van der Waals surface area contributed by atoms with Gasteiger partial charge in [0.05, 0.1) is 12.8 Å². The predicted molar refractivity (Wildman–Crippen MR) is 110 cm³/mol. The molecule has 0 fully saturated rings. The second kappa shape index (κ2) is 7.78.